The fourth-order valence-electron chi connectivity index (χ4n) is 3.80. The molecule has 1 fully saturated rings. The molecule has 1 atom stereocenters. The second kappa shape index (κ2) is 7.90. The first-order chi connectivity index (χ1) is 14.8. The number of halogens is 2. The van der Waals surface area contributed by atoms with E-state index in [4.69, 9.17) is 0 Å². The first kappa shape index (κ1) is 20.6. The Morgan fingerprint density at radius 2 is 1.97 bits per heavy atom. The first-order valence-corrected chi connectivity index (χ1v) is 9.75. The van der Waals surface area contributed by atoms with Crippen molar-refractivity contribution in [1.29, 1.82) is 0 Å². The van der Waals surface area contributed by atoms with Gasteiger partial charge in [0, 0.05) is 35.2 Å². The lowest BCUT2D eigenvalue weighted by Gasteiger charge is -2.29. The smallest absolute Gasteiger partial charge is 0.255 e. The van der Waals surface area contributed by atoms with Gasteiger partial charge in [0.25, 0.3) is 11.8 Å². The molecule has 2 aliphatic rings. The third-order valence-corrected chi connectivity index (χ3v) is 5.60. The SMILES string of the molecule is Cc1ccc(C(=O)NCc2ccc3c(c2F)CN(C2CCC(=O)NC2=O)C3=O)cc1F. The van der Waals surface area contributed by atoms with Crippen LogP contribution < -0.4 is 10.6 Å². The van der Waals surface area contributed by atoms with Gasteiger partial charge in [0.15, 0.2) is 0 Å². The summed E-state index contributed by atoms with van der Waals surface area (Å²) in [7, 11) is 0. The highest BCUT2D eigenvalue weighted by Crippen LogP contribution is 2.30. The van der Waals surface area contributed by atoms with E-state index < -0.39 is 41.3 Å². The molecule has 2 heterocycles. The van der Waals surface area contributed by atoms with Crippen molar-refractivity contribution in [3.8, 4) is 0 Å². The monoisotopic (exact) mass is 427 g/mol. The molecule has 2 aromatic rings. The van der Waals surface area contributed by atoms with Crippen molar-refractivity contribution in [2.75, 3.05) is 0 Å². The fraction of sp³-hybridized carbons (Fsp3) is 0.273. The van der Waals surface area contributed by atoms with E-state index in [0.29, 0.717) is 5.56 Å². The molecule has 0 radical (unpaired) electrons. The van der Waals surface area contributed by atoms with Crippen LogP contribution in [0.5, 0.6) is 0 Å². The van der Waals surface area contributed by atoms with E-state index in [1.165, 1.54) is 29.2 Å². The molecular formula is C22H19F2N3O4. The molecule has 1 saturated heterocycles. The largest absolute Gasteiger partial charge is 0.348 e. The predicted molar refractivity (Wildman–Crippen MR) is 105 cm³/mol. The van der Waals surface area contributed by atoms with Gasteiger partial charge in [-0.3, -0.25) is 24.5 Å². The summed E-state index contributed by atoms with van der Waals surface area (Å²) in [4.78, 5) is 49.7. The number of benzene rings is 2. The summed E-state index contributed by atoms with van der Waals surface area (Å²) in [5.41, 5.74) is 0.980. The van der Waals surface area contributed by atoms with E-state index in [1.807, 2.05) is 0 Å². The Hall–Kier alpha value is -3.62. The number of hydrogen-bond acceptors (Lipinski definition) is 4. The average Bonchev–Trinajstić information content (AvgIpc) is 3.06. The molecule has 4 rings (SSSR count). The topological polar surface area (TPSA) is 95.6 Å². The Bertz CT molecular complexity index is 1130. The summed E-state index contributed by atoms with van der Waals surface area (Å²) in [5, 5.41) is 4.74. The van der Waals surface area contributed by atoms with E-state index >= 15 is 4.39 Å². The third kappa shape index (κ3) is 3.78. The average molecular weight is 427 g/mol. The second-order valence-electron chi connectivity index (χ2n) is 7.61. The number of fused-ring (bicyclic) bond motifs is 1. The quantitative estimate of drug-likeness (QED) is 0.730. The second-order valence-corrected chi connectivity index (χ2v) is 7.61. The maximum Gasteiger partial charge on any atom is 0.255 e. The maximum absolute atomic E-state index is 15.1. The minimum atomic E-state index is -0.836. The van der Waals surface area contributed by atoms with Crippen molar-refractivity contribution in [2.45, 2.75) is 38.9 Å². The van der Waals surface area contributed by atoms with Crippen LogP contribution in [0.3, 0.4) is 0 Å². The van der Waals surface area contributed by atoms with Crippen LogP contribution in [0, 0.1) is 18.6 Å². The number of rotatable bonds is 4. The van der Waals surface area contributed by atoms with Gasteiger partial charge in [0.1, 0.15) is 17.7 Å². The molecule has 1 unspecified atom stereocenters. The number of nitrogens with one attached hydrogen (secondary N) is 2. The number of carbonyl (C=O) groups is 4. The van der Waals surface area contributed by atoms with Crippen LogP contribution in [0.4, 0.5) is 8.78 Å². The maximum atomic E-state index is 15.1. The number of nitrogens with zero attached hydrogens (tertiary/aromatic N) is 1. The summed E-state index contributed by atoms with van der Waals surface area (Å²) in [6, 6.07) is 6.09. The summed E-state index contributed by atoms with van der Waals surface area (Å²) in [6.45, 7) is 1.33. The van der Waals surface area contributed by atoms with Crippen molar-refractivity contribution in [1.82, 2.24) is 15.5 Å². The van der Waals surface area contributed by atoms with Gasteiger partial charge in [-0.1, -0.05) is 12.1 Å². The zero-order chi connectivity index (χ0) is 22.3. The van der Waals surface area contributed by atoms with Crippen molar-refractivity contribution < 1.29 is 28.0 Å². The predicted octanol–water partition coefficient (Wildman–Crippen LogP) is 1.96. The van der Waals surface area contributed by atoms with Gasteiger partial charge in [-0.05, 0) is 37.1 Å². The fourth-order valence-corrected chi connectivity index (χ4v) is 3.80. The van der Waals surface area contributed by atoms with Crippen LogP contribution in [-0.4, -0.2) is 34.6 Å². The molecule has 2 aromatic carbocycles. The molecule has 31 heavy (non-hydrogen) atoms. The molecule has 0 saturated carbocycles. The van der Waals surface area contributed by atoms with Gasteiger partial charge >= 0.3 is 0 Å². The van der Waals surface area contributed by atoms with E-state index in [0.717, 1.165) is 6.07 Å². The number of hydrogen-bond donors (Lipinski definition) is 2. The minimum Gasteiger partial charge on any atom is -0.348 e. The van der Waals surface area contributed by atoms with Gasteiger partial charge in [0.05, 0.1) is 6.54 Å². The molecule has 4 amide bonds. The van der Waals surface area contributed by atoms with Crippen LogP contribution in [0.25, 0.3) is 0 Å². The van der Waals surface area contributed by atoms with Crippen molar-refractivity contribution in [3.63, 3.8) is 0 Å². The lowest BCUT2D eigenvalue weighted by Crippen LogP contribution is -2.52. The van der Waals surface area contributed by atoms with Gasteiger partial charge in [-0.15, -0.1) is 0 Å². The molecule has 2 aliphatic heterocycles. The summed E-state index contributed by atoms with van der Waals surface area (Å²) < 4.78 is 28.7. The number of piperidine rings is 1. The number of aryl methyl sites for hydroxylation is 1. The zero-order valence-electron chi connectivity index (χ0n) is 16.6. The molecule has 9 heteroatoms. The van der Waals surface area contributed by atoms with Crippen LogP contribution in [0.1, 0.15) is 50.2 Å². The lowest BCUT2D eigenvalue weighted by atomic mass is 10.0. The third-order valence-electron chi connectivity index (χ3n) is 5.60. The molecule has 0 aromatic heterocycles. The van der Waals surface area contributed by atoms with Crippen molar-refractivity contribution >= 4 is 23.6 Å². The van der Waals surface area contributed by atoms with Gasteiger partial charge in [-0.2, -0.15) is 0 Å². The Kier molecular flexibility index (Phi) is 5.26. The molecule has 0 aliphatic carbocycles. The number of imide groups is 1. The van der Waals surface area contributed by atoms with E-state index in [9.17, 15) is 23.6 Å². The van der Waals surface area contributed by atoms with Crippen LogP contribution >= 0.6 is 0 Å². The van der Waals surface area contributed by atoms with Crippen LogP contribution in [0.15, 0.2) is 30.3 Å². The Morgan fingerprint density at radius 3 is 2.68 bits per heavy atom. The highest BCUT2D eigenvalue weighted by atomic mass is 19.1. The van der Waals surface area contributed by atoms with Gasteiger partial charge in [0.2, 0.25) is 11.8 Å². The molecule has 160 valence electrons. The van der Waals surface area contributed by atoms with Crippen molar-refractivity contribution in [3.05, 3.63) is 69.8 Å². The summed E-state index contributed by atoms with van der Waals surface area (Å²) >= 11 is 0. The Balaban J connectivity index is 1.49. The van der Waals surface area contributed by atoms with E-state index in [2.05, 4.69) is 10.6 Å². The molecular weight excluding hydrogens is 408 g/mol. The van der Waals surface area contributed by atoms with E-state index in [1.54, 1.807) is 6.92 Å². The minimum absolute atomic E-state index is 0.1000. The molecule has 0 spiro atoms. The number of amides is 4. The standard InChI is InChI=1S/C22H19F2N3O4/c1-11-2-3-12(8-16(11)23)20(29)25-9-13-4-5-14-15(19(13)24)10-27(22(14)31)17-6-7-18(28)26-21(17)30/h2-5,8,17H,6-7,9-10H2,1H3,(H,25,29)(H,26,28,30). The Morgan fingerprint density at radius 1 is 1.19 bits per heavy atom. The number of carbonyl (C=O) groups excluding carboxylic acids is 4. The molecule has 0 bridgehead atoms. The highest BCUT2D eigenvalue weighted by molar-refractivity contribution is 6.05. The normalized spacial score (nSPS) is 18.1. The zero-order valence-corrected chi connectivity index (χ0v) is 16.6. The highest BCUT2D eigenvalue weighted by Gasteiger charge is 2.40. The summed E-state index contributed by atoms with van der Waals surface area (Å²) in [5.74, 6) is -3.16. The Labute approximate surface area is 176 Å². The van der Waals surface area contributed by atoms with Crippen LogP contribution in [-0.2, 0) is 22.7 Å². The summed E-state index contributed by atoms with van der Waals surface area (Å²) in [6.07, 6.45) is 0.290. The lowest BCUT2D eigenvalue weighted by molar-refractivity contribution is -0.136. The van der Waals surface area contributed by atoms with Gasteiger partial charge < -0.3 is 10.2 Å². The van der Waals surface area contributed by atoms with Crippen molar-refractivity contribution in [2.24, 2.45) is 0 Å². The molecule has 7 nitrogen and oxygen atoms in total. The van der Waals surface area contributed by atoms with Crippen LogP contribution in [0.2, 0.25) is 0 Å². The van der Waals surface area contributed by atoms with Gasteiger partial charge in [-0.25, -0.2) is 8.78 Å². The molecule has 2 N–H and O–H groups in total. The first-order valence-electron chi connectivity index (χ1n) is 9.75. The van der Waals surface area contributed by atoms with E-state index in [-0.39, 0.29) is 48.2 Å².